The van der Waals surface area contributed by atoms with E-state index >= 15 is 0 Å². The maximum Gasteiger partial charge on any atom is 0.328 e. The summed E-state index contributed by atoms with van der Waals surface area (Å²) >= 11 is 0. The maximum atomic E-state index is 10.6. The van der Waals surface area contributed by atoms with Crippen LogP contribution in [0.5, 0.6) is 5.75 Å². The van der Waals surface area contributed by atoms with Crippen molar-refractivity contribution in [3.63, 3.8) is 0 Å². The molecule has 0 unspecified atom stereocenters. The lowest BCUT2D eigenvalue weighted by atomic mass is 10.1. The molecule has 4 nitrogen and oxygen atoms in total. The highest BCUT2D eigenvalue weighted by molar-refractivity contribution is 5.85. The van der Waals surface area contributed by atoms with Crippen LogP contribution in [0.4, 0.5) is 0 Å². The van der Waals surface area contributed by atoms with Gasteiger partial charge in [-0.3, -0.25) is 0 Å². The molecule has 0 fully saturated rings. The molecule has 0 aliphatic rings. The number of carbonyl (C=O) groups is 1. The molecule has 1 aromatic carbocycles. The molecule has 0 bridgehead atoms. The Morgan fingerprint density at radius 1 is 1.42 bits per heavy atom. The second-order valence-corrected chi connectivity index (χ2v) is 4.72. The van der Waals surface area contributed by atoms with Crippen LogP contribution in [0.25, 0.3) is 6.08 Å². The lowest BCUT2D eigenvalue weighted by Gasteiger charge is -2.12. The minimum Gasteiger partial charge on any atom is -0.493 e. The van der Waals surface area contributed by atoms with Gasteiger partial charge in [-0.05, 0) is 45.6 Å². The molecule has 0 heterocycles. The minimum absolute atomic E-state index is 0.620. The highest BCUT2D eigenvalue weighted by Gasteiger charge is 2.02. The molecule has 0 saturated carbocycles. The van der Waals surface area contributed by atoms with E-state index in [1.807, 2.05) is 39.2 Å². The van der Waals surface area contributed by atoms with Crippen molar-refractivity contribution in [3.05, 3.63) is 35.4 Å². The van der Waals surface area contributed by atoms with Crippen LogP contribution in [0.15, 0.2) is 24.3 Å². The molecule has 1 N–H and O–H groups in total. The lowest BCUT2D eigenvalue weighted by molar-refractivity contribution is -0.131. The third-order valence-corrected chi connectivity index (χ3v) is 2.58. The predicted octanol–water partition coefficient (Wildman–Crippen LogP) is 2.42. The Hall–Kier alpha value is -1.81. The number of benzene rings is 1. The first-order valence-electron chi connectivity index (χ1n) is 6.28. The number of hydrogen-bond acceptors (Lipinski definition) is 3. The van der Waals surface area contributed by atoms with Crippen LogP contribution in [-0.4, -0.2) is 43.2 Å². The van der Waals surface area contributed by atoms with Gasteiger partial charge in [0.25, 0.3) is 0 Å². The summed E-state index contributed by atoms with van der Waals surface area (Å²) in [6.07, 6.45) is 3.63. The molecule has 19 heavy (non-hydrogen) atoms. The average Bonchev–Trinajstić information content (AvgIpc) is 2.33. The van der Waals surface area contributed by atoms with E-state index in [-0.39, 0.29) is 0 Å². The maximum absolute atomic E-state index is 10.6. The van der Waals surface area contributed by atoms with Gasteiger partial charge in [0.05, 0.1) is 6.61 Å². The number of rotatable bonds is 7. The van der Waals surface area contributed by atoms with Crippen molar-refractivity contribution in [2.75, 3.05) is 27.2 Å². The van der Waals surface area contributed by atoms with Gasteiger partial charge >= 0.3 is 5.97 Å². The molecule has 1 aromatic rings. The second kappa shape index (κ2) is 7.59. The normalized spacial score (nSPS) is 11.2. The second-order valence-electron chi connectivity index (χ2n) is 4.72. The first-order chi connectivity index (χ1) is 8.99. The summed E-state index contributed by atoms with van der Waals surface area (Å²) in [6.45, 7) is 3.55. The van der Waals surface area contributed by atoms with Crippen LogP contribution in [-0.2, 0) is 4.79 Å². The van der Waals surface area contributed by atoms with Crippen LogP contribution in [0, 0.1) is 6.92 Å². The van der Waals surface area contributed by atoms with Crippen LogP contribution >= 0.6 is 0 Å². The zero-order chi connectivity index (χ0) is 14.3. The fraction of sp³-hybridized carbons (Fsp3) is 0.400. The minimum atomic E-state index is -0.958. The number of carboxylic acid groups (broad SMARTS) is 1. The monoisotopic (exact) mass is 263 g/mol. The van der Waals surface area contributed by atoms with E-state index in [4.69, 9.17) is 9.84 Å². The van der Waals surface area contributed by atoms with Gasteiger partial charge in [0, 0.05) is 18.2 Å². The standard InChI is InChI=1S/C15H21NO3/c1-12-5-7-14(19-10-4-9-16(2)3)13(11-12)6-8-15(17)18/h5-8,11H,4,9-10H2,1-3H3,(H,17,18)/b8-6+. The van der Waals surface area contributed by atoms with Gasteiger partial charge in [0.1, 0.15) is 5.75 Å². The number of aryl methyl sites for hydroxylation is 1. The van der Waals surface area contributed by atoms with E-state index < -0.39 is 5.97 Å². The number of carboxylic acids is 1. The molecule has 0 atom stereocenters. The zero-order valence-corrected chi connectivity index (χ0v) is 11.7. The van der Waals surface area contributed by atoms with Crippen molar-refractivity contribution in [1.29, 1.82) is 0 Å². The van der Waals surface area contributed by atoms with Crippen molar-refractivity contribution in [2.45, 2.75) is 13.3 Å². The first-order valence-corrected chi connectivity index (χ1v) is 6.28. The van der Waals surface area contributed by atoms with Crippen molar-refractivity contribution in [1.82, 2.24) is 4.90 Å². The molecule has 0 spiro atoms. The van der Waals surface area contributed by atoms with Gasteiger partial charge in [-0.25, -0.2) is 4.79 Å². The number of ether oxygens (including phenoxy) is 1. The van der Waals surface area contributed by atoms with E-state index in [1.165, 1.54) is 0 Å². The van der Waals surface area contributed by atoms with Crippen LogP contribution in [0.2, 0.25) is 0 Å². The average molecular weight is 263 g/mol. The molecule has 0 radical (unpaired) electrons. The SMILES string of the molecule is Cc1ccc(OCCCN(C)C)c(/C=C/C(=O)O)c1. The smallest absolute Gasteiger partial charge is 0.328 e. The van der Waals surface area contributed by atoms with Gasteiger partial charge in [0.15, 0.2) is 0 Å². The van der Waals surface area contributed by atoms with Crippen LogP contribution in [0.1, 0.15) is 17.5 Å². The van der Waals surface area contributed by atoms with Gasteiger partial charge in [-0.15, -0.1) is 0 Å². The summed E-state index contributed by atoms with van der Waals surface area (Å²) in [5.41, 5.74) is 1.87. The van der Waals surface area contributed by atoms with Gasteiger partial charge < -0.3 is 14.7 Å². The van der Waals surface area contributed by atoms with E-state index in [2.05, 4.69) is 4.90 Å². The zero-order valence-electron chi connectivity index (χ0n) is 11.7. The number of hydrogen-bond donors (Lipinski definition) is 1. The fourth-order valence-electron chi connectivity index (χ4n) is 1.65. The van der Waals surface area contributed by atoms with Crippen molar-refractivity contribution in [2.24, 2.45) is 0 Å². The summed E-state index contributed by atoms with van der Waals surface area (Å²) in [5.74, 6) is -0.234. The van der Waals surface area contributed by atoms with Crippen LogP contribution in [0.3, 0.4) is 0 Å². The third kappa shape index (κ3) is 6.06. The quantitative estimate of drug-likeness (QED) is 0.606. The Morgan fingerprint density at radius 2 is 2.16 bits per heavy atom. The van der Waals surface area contributed by atoms with Crippen molar-refractivity contribution >= 4 is 12.0 Å². The summed E-state index contributed by atoms with van der Waals surface area (Å²) in [5, 5.41) is 8.68. The van der Waals surface area contributed by atoms with Gasteiger partial charge in [0.2, 0.25) is 0 Å². The summed E-state index contributed by atoms with van der Waals surface area (Å²) in [4.78, 5) is 12.7. The molecule has 0 aromatic heterocycles. The van der Waals surface area contributed by atoms with Gasteiger partial charge in [-0.1, -0.05) is 11.6 Å². The molecular weight excluding hydrogens is 242 g/mol. The third-order valence-electron chi connectivity index (χ3n) is 2.58. The largest absolute Gasteiger partial charge is 0.493 e. The van der Waals surface area contributed by atoms with E-state index in [0.29, 0.717) is 6.61 Å². The highest BCUT2D eigenvalue weighted by atomic mass is 16.5. The molecule has 104 valence electrons. The van der Waals surface area contributed by atoms with Crippen molar-refractivity contribution < 1.29 is 14.6 Å². The Morgan fingerprint density at radius 3 is 2.79 bits per heavy atom. The molecule has 0 amide bonds. The number of aliphatic carboxylic acids is 1. The molecule has 4 heteroatoms. The van der Waals surface area contributed by atoms with Crippen molar-refractivity contribution in [3.8, 4) is 5.75 Å². The van der Waals surface area contributed by atoms with Crippen LogP contribution < -0.4 is 4.74 Å². The molecule has 0 aliphatic heterocycles. The summed E-state index contributed by atoms with van der Waals surface area (Å²) < 4.78 is 5.70. The first kappa shape index (κ1) is 15.2. The Bertz CT molecular complexity index is 453. The Balaban J connectivity index is 2.68. The van der Waals surface area contributed by atoms with E-state index in [0.717, 1.165) is 35.9 Å². The topological polar surface area (TPSA) is 49.8 Å². The predicted molar refractivity (Wildman–Crippen MR) is 76.5 cm³/mol. The van der Waals surface area contributed by atoms with E-state index in [9.17, 15) is 4.79 Å². The van der Waals surface area contributed by atoms with Gasteiger partial charge in [-0.2, -0.15) is 0 Å². The number of nitrogens with zero attached hydrogens (tertiary/aromatic N) is 1. The summed E-state index contributed by atoms with van der Waals surface area (Å²) in [7, 11) is 4.04. The Kier molecular flexibility index (Phi) is 6.09. The fourth-order valence-corrected chi connectivity index (χ4v) is 1.65. The summed E-state index contributed by atoms with van der Waals surface area (Å²) in [6, 6.07) is 5.76. The molecular formula is C15H21NO3. The molecule has 0 aliphatic carbocycles. The molecule has 1 rings (SSSR count). The molecule has 0 saturated heterocycles. The van der Waals surface area contributed by atoms with E-state index in [1.54, 1.807) is 6.08 Å². The highest BCUT2D eigenvalue weighted by Crippen LogP contribution is 2.21. The lowest BCUT2D eigenvalue weighted by Crippen LogP contribution is -2.15. The Labute approximate surface area is 114 Å².